The van der Waals surface area contributed by atoms with Crippen LogP contribution in [0.25, 0.3) is 0 Å². The third-order valence-electron chi connectivity index (χ3n) is 1.91. The SMILES string of the molecule is CC([C]=O)CCc1ccccc1. The van der Waals surface area contributed by atoms with Crippen LogP contribution in [-0.2, 0) is 11.2 Å². The Morgan fingerprint density at radius 3 is 2.58 bits per heavy atom. The van der Waals surface area contributed by atoms with Crippen molar-refractivity contribution in [3.05, 3.63) is 35.9 Å². The zero-order valence-corrected chi connectivity index (χ0v) is 7.29. The van der Waals surface area contributed by atoms with Crippen molar-refractivity contribution >= 4 is 6.29 Å². The fraction of sp³-hybridized carbons (Fsp3) is 0.364. The predicted octanol–water partition coefficient (Wildman–Crippen LogP) is 2.37. The Morgan fingerprint density at radius 1 is 1.33 bits per heavy atom. The molecule has 0 aromatic heterocycles. The Balaban J connectivity index is 2.38. The van der Waals surface area contributed by atoms with Crippen molar-refractivity contribution < 1.29 is 4.79 Å². The minimum absolute atomic E-state index is 0.0604. The Labute approximate surface area is 73.4 Å². The molecule has 0 heterocycles. The molecule has 0 bridgehead atoms. The lowest BCUT2D eigenvalue weighted by Gasteiger charge is -2.01. The second-order valence-corrected chi connectivity index (χ2v) is 3.04. The first-order valence-electron chi connectivity index (χ1n) is 4.24. The zero-order valence-electron chi connectivity index (χ0n) is 7.29. The first kappa shape index (κ1) is 8.98. The van der Waals surface area contributed by atoms with E-state index < -0.39 is 0 Å². The molecule has 0 aliphatic carbocycles. The molecule has 1 aromatic carbocycles. The number of hydrogen-bond acceptors (Lipinski definition) is 1. The van der Waals surface area contributed by atoms with Crippen molar-refractivity contribution in [1.82, 2.24) is 0 Å². The average Bonchev–Trinajstić information content (AvgIpc) is 2.16. The van der Waals surface area contributed by atoms with Crippen molar-refractivity contribution in [2.75, 3.05) is 0 Å². The summed E-state index contributed by atoms with van der Waals surface area (Å²) in [6, 6.07) is 10.2. The van der Waals surface area contributed by atoms with E-state index in [0.29, 0.717) is 0 Å². The molecule has 1 atom stereocenters. The molecule has 0 aliphatic rings. The van der Waals surface area contributed by atoms with Gasteiger partial charge in [-0.1, -0.05) is 37.3 Å². The predicted molar refractivity (Wildman–Crippen MR) is 49.6 cm³/mol. The molecule has 1 radical (unpaired) electrons. The van der Waals surface area contributed by atoms with E-state index in [2.05, 4.69) is 12.1 Å². The highest BCUT2D eigenvalue weighted by molar-refractivity contribution is 5.53. The normalized spacial score (nSPS) is 12.4. The van der Waals surface area contributed by atoms with E-state index in [4.69, 9.17) is 0 Å². The summed E-state index contributed by atoms with van der Waals surface area (Å²) in [4.78, 5) is 10.2. The first-order valence-corrected chi connectivity index (χ1v) is 4.24. The van der Waals surface area contributed by atoms with Crippen LogP contribution in [-0.4, -0.2) is 6.29 Å². The molecule has 0 saturated heterocycles. The maximum atomic E-state index is 10.2. The summed E-state index contributed by atoms with van der Waals surface area (Å²) < 4.78 is 0. The molecule has 63 valence electrons. The Morgan fingerprint density at radius 2 is 2.00 bits per heavy atom. The number of hydrogen-bond donors (Lipinski definition) is 0. The van der Waals surface area contributed by atoms with Crippen LogP contribution >= 0.6 is 0 Å². The monoisotopic (exact) mass is 161 g/mol. The number of benzene rings is 1. The highest BCUT2D eigenvalue weighted by Crippen LogP contribution is 2.06. The van der Waals surface area contributed by atoms with Crippen molar-refractivity contribution in [2.24, 2.45) is 5.92 Å². The van der Waals surface area contributed by atoms with Crippen molar-refractivity contribution in [3.63, 3.8) is 0 Å². The van der Waals surface area contributed by atoms with E-state index in [9.17, 15) is 4.79 Å². The molecule has 0 saturated carbocycles. The Bertz CT molecular complexity index is 228. The maximum Gasteiger partial charge on any atom is 0.201 e. The van der Waals surface area contributed by atoms with Gasteiger partial charge in [-0.25, -0.2) is 0 Å². The van der Waals surface area contributed by atoms with Gasteiger partial charge in [-0.3, -0.25) is 4.79 Å². The standard InChI is InChI=1S/C11H13O/c1-10(9-12)7-8-11-5-3-2-4-6-11/h2-6,10H,7-8H2,1H3. The van der Waals surface area contributed by atoms with Gasteiger partial charge in [-0.2, -0.15) is 0 Å². The quantitative estimate of drug-likeness (QED) is 0.662. The number of rotatable bonds is 4. The van der Waals surface area contributed by atoms with Crippen LogP contribution in [0.2, 0.25) is 0 Å². The number of carbonyl (C=O) groups excluding carboxylic acids is 1. The summed E-state index contributed by atoms with van der Waals surface area (Å²) >= 11 is 0. The second-order valence-electron chi connectivity index (χ2n) is 3.04. The second kappa shape index (κ2) is 4.70. The molecule has 0 aliphatic heterocycles. The van der Waals surface area contributed by atoms with E-state index in [1.54, 1.807) is 0 Å². The molecule has 12 heavy (non-hydrogen) atoms. The highest BCUT2D eigenvalue weighted by atomic mass is 16.1. The molecule has 1 unspecified atom stereocenters. The average molecular weight is 161 g/mol. The lowest BCUT2D eigenvalue weighted by Crippen LogP contribution is -1.97. The number of aryl methyl sites for hydroxylation is 1. The van der Waals surface area contributed by atoms with Crippen LogP contribution in [0.5, 0.6) is 0 Å². The smallest absolute Gasteiger partial charge is 0.201 e. The summed E-state index contributed by atoms with van der Waals surface area (Å²) in [5.74, 6) is 0.0604. The van der Waals surface area contributed by atoms with Crippen LogP contribution in [0.3, 0.4) is 0 Å². The van der Waals surface area contributed by atoms with Crippen LogP contribution in [0.15, 0.2) is 30.3 Å². The van der Waals surface area contributed by atoms with E-state index >= 15 is 0 Å². The van der Waals surface area contributed by atoms with Crippen LogP contribution in [0.4, 0.5) is 0 Å². The summed E-state index contributed by atoms with van der Waals surface area (Å²) in [7, 11) is 0. The van der Waals surface area contributed by atoms with E-state index in [-0.39, 0.29) is 5.92 Å². The zero-order chi connectivity index (χ0) is 8.81. The molecule has 1 rings (SSSR count). The lowest BCUT2D eigenvalue weighted by atomic mass is 10.0. The van der Waals surface area contributed by atoms with Gasteiger partial charge in [-0.05, 0) is 18.4 Å². The van der Waals surface area contributed by atoms with Crippen LogP contribution in [0, 0.1) is 5.92 Å². The molecule has 0 N–H and O–H groups in total. The van der Waals surface area contributed by atoms with Crippen molar-refractivity contribution in [3.8, 4) is 0 Å². The molecule has 1 heteroatoms. The summed E-state index contributed by atoms with van der Waals surface area (Å²) in [6.45, 7) is 1.90. The first-order chi connectivity index (χ1) is 5.83. The molecule has 1 aromatic rings. The summed E-state index contributed by atoms with van der Waals surface area (Å²) in [5, 5.41) is 0. The van der Waals surface area contributed by atoms with Gasteiger partial charge in [0.2, 0.25) is 6.29 Å². The lowest BCUT2D eigenvalue weighted by molar-refractivity contribution is 0.519. The fourth-order valence-electron chi connectivity index (χ4n) is 1.09. The molecule has 1 nitrogen and oxygen atoms in total. The van der Waals surface area contributed by atoms with Gasteiger partial charge < -0.3 is 0 Å². The molecule has 0 amide bonds. The van der Waals surface area contributed by atoms with Gasteiger partial charge in [-0.15, -0.1) is 0 Å². The van der Waals surface area contributed by atoms with Crippen LogP contribution < -0.4 is 0 Å². The third-order valence-corrected chi connectivity index (χ3v) is 1.91. The van der Waals surface area contributed by atoms with Gasteiger partial charge >= 0.3 is 0 Å². The fourth-order valence-corrected chi connectivity index (χ4v) is 1.09. The van der Waals surface area contributed by atoms with E-state index in [1.165, 1.54) is 5.56 Å². The maximum absolute atomic E-state index is 10.2. The van der Waals surface area contributed by atoms with E-state index in [1.807, 2.05) is 31.4 Å². The molecular weight excluding hydrogens is 148 g/mol. The van der Waals surface area contributed by atoms with Crippen LogP contribution in [0.1, 0.15) is 18.9 Å². The van der Waals surface area contributed by atoms with Crippen molar-refractivity contribution in [1.29, 1.82) is 0 Å². The summed E-state index contributed by atoms with van der Waals surface area (Å²) in [5.41, 5.74) is 1.29. The van der Waals surface area contributed by atoms with Gasteiger partial charge in [0.1, 0.15) is 0 Å². The molecular formula is C11H13O. The minimum atomic E-state index is 0.0604. The molecule has 0 spiro atoms. The largest absolute Gasteiger partial charge is 0.291 e. The van der Waals surface area contributed by atoms with Gasteiger partial charge in [0, 0.05) is 5.92 Å². The summed E-state index contributed by atoms with van der Waals surface area (Å²) in [6.07, 6.45) is 3.85. The molecule has 0 fully saturated rings. The highest BCUT2D eigenvalue weighted by Gasteiger charge is 2.00. The topological polar surface area (TPSA) is 17.1 Å². The third kappa shape index (κ3) is 2.87. The van der Waals surface area contributed by atoms with Gasteiger partial charge in [0.05, 0.1) is 0 Å². The van der Waals surface area contributed by atoms with E-state index in [0.717, 1.165) is 12.8 Å². The Kier molecular flexibility index (Phi) is 3.52. The minimum Gasteiger partial charge on any atom is -0.291 e. The van der Waals surface area contributed by atoms with Gasteiger partial charge in [0.15, 0.2) is 0 Å². The van der Waals surface area contributed by atoms with Crippen molar-refractivity contribution in [2.45, 2.75) is 19.8 Å². The van der Waals surface area contributed by atoms with Gasteiger partial charge in [0.25, 0.3) is 0 Å². The Hall–Kier alpha value is -1.11.